The zero-order chi connectivity index (χ0) is 13.8. The van der Waals surface area contributed by atoms with Crippen molar-refractivity contribution in [1.82, 2.24) is 5.32 Å². The molecular weight excluding hydrogens is 270 g/mol. The third-order valence-corrected chi connectivity index (χ3v) is 3.80. The summed E-state index contributed by atoms with van der Waals surface area (Å²) >= 11 is 5.99. The molecule has 1 heterocycles. The summed E-state index contributed by atoms with van der Waals surface area (Å²) in [4.78, 5) is 0. The van der Waals surface area contributed by atoms with Gasteiger partial charge in [-0.15, -0.1) is 0 Å². The van der Waals surface area contributed by atoms with E-state index in [1.54, 1.807) is 0 Å². The van der Waals surface area contributed by atoms with Gasteiger partial charge in [0, 0.05) is 18.0 Å². The van der Waals surface area contributed by atoms with Crippen LogP contribution in [0.3, 0.4) is 0 Å². The number of ether oxygens (including phenoxy) is 1. The van der Waals surface area contributed by atoms with E-state index in [4.69, 9.17) is 16.3 Å². The summed E-state index contributed by atoms with van der Waals surface area (Å²) in [5, 5.41) is 4.25. The van der Waals surface area contributed by atoms with Crippen molar-refractivity contribution in [2.24, 2.45) is 0 Å². The molecule has 0 saturated heterocycles. The lowest BCUT2D eigenvalue weighted by atomic mass is 10.1. The smallest absolute Gasteiger partial charge is 0.123 e. The minimum absolute atomic E-state index is 0.222. The molecule has 1 aliphatic heterocycles. The fourth-order valence-corrected chi connectivity index (χ4v) is 2.74. The summed E-state index contributed by atoms with van der Waals surface area (Å²) in [6.07, 6.45) is 2.21. The Kier molecular flexibility index (Phi) is 4.24. The molecule has 3 rings (SSSR count). The molecule has 3 heteroatoms. The van der Waals surface area contributed by atoms with Crippen LogP contribution in [-0.4, -0.2) is 19.2 Å². The Hall–Kier alpha value is -1.51. The number of hydrogen-bond acceptors (Lipinski definition) is 2. The molecule has 0 fully saturated rings. The molecule has 0 saturated carbocycles. The van der Waals surface area contributed by atoms with E-state index in [0.29, 0.717) is 0 Å². The molecule has 0 aromatic heterocycles. The maximum atomic E-state index is 5.99. The van der Waals surface area contributed by atoms with Gasteiger partial charge < -0.3 is 10.1 Å². The van der Waals surface area contributed by atoms with E-state index >= 15 is 0 Å². The van der Waals surface area contributed by atoms with Gasteiger partial charge in [-0.1, -0.05) is 41.9 Å². The quantitative estimate of drug-likeness (QED) is 0.850. The number of hydrogen-bond donors (Lipinski definition) is 1. The number of fused-ring (bicyclic) bond motifs is 1. The molecule has 104 valence electrons. The molecule has 2 aromatic carbocycles. The van der Waals surface area contributed by atoms with Crippen LogP contribution in [-0.2, 0) is 12.8 Å². The first kappa shape index (κ1) is 13.5. The van der Waals surface area contributed by atoms with E-state index in [1.807, 2.05) is 24.3 Å². The lowest BCUT2D eigenvalue weighted by Crippen LogP contribution is -2.31. The van der Waals surface area contributed by atoms with E-state index in [9.17, 15) is 0 Å². The van der Waals surface area contributed by atoms with Crippen LogP contribution >= 0.6 is 11.6 Å². The third-order valence-electron chi connectivity index (χ3n) is 3.57. The lowest BCUT2D eigenvalue weighted by Gasteiger charge is -2.11. The number of nitrogens with one attached hydrogen (secondary N) is 1. The second-order valence-corrected chi connectivity index (χ2v) is 5.57. The van der Waals surface area contributed by atoms with Crippen molar-refractivity contribution in [3.8, 4) is 5.75 Å². The number of benzene rings is 2. The van der Waals surface area contributed by atoms with Crippen molar-refractivity contribution in [3.63, 3.8) is 0 Å². The van der Waals surface area contributed by atoms with E-state index < -0.39 is 0 Å². The van der Waals surface area contributed by atoms with Crippen molar-refractivity contribution in [2.75, 3.05) is 13.1 Å². The van der Waals surface area contributed by atoms with Crippen LogP contribution in [0.5, 0.6) is 5.75 Å². The minimum Gasteiger partial charge on any atom is -0.488 e. The van der Waals surface area contributed by atoms with Crippen LogP contribution in [0, 0.1) is 0 Å². The molecule has 0 radical (unpaired) electrons. The van der Waals surface area contributed by atoms with Crippen molar-refractivity contribution < 1.29 is 4.74 Å². The van der Waals surface area contributed by atoms with E-state index in [2.05, 4.69) is 29.6 Å². The topological polar surface area (TPSA) is 21.3 Å². The molecule has 0 bridgehead atoms. The number of halogens is 1. The van der Waals surface area contributed by atoms with Crippen molar-refractivity contribution >= 4 is 11.6 Å². The van der Waals surface area contributed by atoms with E-state index in [-0.39, 0.29) is 6.10 Å². The lowest BCUT2D eigenvalue weighted by molar-refractivity contribution is 0.228. The van der Waals surface area contributed by atoms with Gasteiger partial charge in [0.05, 0.1) is 0 Å². The second-order valence-electron chi connectivity index (χ2n) is 5.14. The first-order valence-electron chi connectivity index (χ1n) is 7.01. The van der Waals surface area contributed by atoms with Crippen LogP contribution in [0.25, 0.3) is 0 Å². The van der Waals surface area contributed by atoms with Crippen LogP contribution < -0.4 is 10.1 Å². The van der Waals surface area contributed by atoms with Gasteiger partial charge in [-0.05, 0) is 42.3 Å². The van der Waals surface area contributed by atoms with Gasteiger partial charge in [0.2, 0.25) is 0 Å². The van der Waals surface area contributed by atoms with Gasteiger partial charge >= 0.3 is 0 Å². The highest BCUT2D eigenvalue weighted by molar-refractivity contribution is 6.30. The first-order valence-corrected chi connectivity index (χ1v) is 7.39. The molecular formula is C17H18ClNO. The summed E-state index contributed by atoms with van der Waals surface area (Å²) in [6, 6.07) is 16.4. The predicted molar refractivity (Wildman–Crippen MR) is 82.6 cm³/mol. The van der Waals surface area contributed by atoms with Crippen molar-refractivity contribution in [2.45, 2.75) is 18.9 Å². The molecule has 0 aliphatic carbocycles. The Bertz CT molecular complexity index is 570. The van der Waals surface area contributed by atoms with Gasteiger partial charge in [-0.2, -0.15) is 0 Å². The van der Waals surface area contributed by atoms with Gasteiger partial charge in [0.15, 0.2) is 0 Å². The minimum atomic E-state index is 0.222. The average Bonchev–Trinajstić information content (AvgIpc) is 2.86. The van der Waals surface area contributed by atoms with Crippen LogP contribution in [0.15, 0.2) is 48.5 Å². The fraction of sp³-hybridized carbons (Fsp3) is 0.294. The number of rotatable bonds is 5. The molecule has 0 amide bonds. The largest absolute Gasteiger partial charge is 0.488 e. The highest BCUT2D eigenvalue weighted by atomic mass is 35.5. The Morgan fingerprint density at radius 2 is 2.00 bits per heavy atom. The highest BCUT2D eigenvalue weighted by Gasteiger charge is 2.22. The van der Waals surface area contributed by atoms with Crippen LogP contribution in [0.1, 0.15) is 11.1 Å². The summed E-state index contributed by atoms with van der Waals surface area (Å²) in [5.41, 5.74) is 2.58. The van der Waals surface area contributed by atoms with Crippen molar-refractivity contribution in [1.29, 1.82) is 0 Å². The molecule has 1 aliphatic rings. The third kappa shape index (κ3) is 3.33. The SMILES string of the molecule is Clc1ccc2c(c1)CC(CNCCc1ccccc1)O2. The summed E-state index contributed by atoms with van der Waals surface area (Å²) in [6.45, 7) is 1.85. The van der Waals surface area contributed by atoms with Gasteiger partial charge in [-0.3, -0.25) is 0 Å². The fourth-order valence-electron chi connectivity index (χ4n) is 2.54. The molecule has 2 nitrogen and oxygen atoms in total. The summed E-state index contributed by atoms with van der Waals surface area (Å²) in [5.74, 6) is 0.976. The van der Waals surface area contributed by atoms with E-state index in [1.165, 1.54) is 11.1 Å². The molecule has 20 heavy (non-hydrogen) atoms. The highest BCUT2D eigenvalue weighted by Crippen LogP contribution is 2.30. The molecule has 1 N–H and O–H groups in total. The standard InChI is InChI=1S/C17H18ClNO/c18-15-6-7-17-14(10-15)11-16(20-17)12-19-9-8-13-4-2-1-3-5-13/h1-7,10,16,19H,8-9,11-12H2. The van der Waals surface area contributed by atoms with Crippen LogP contribution in [0.4, 0.5) is 0 Å². The molecule has 0 spiro atoms. The summed E-state index contributed by atoms with van der Waals surface area (Å²) in [7, 11) is 0. The Morgan fingerprint density at radius 1 is 1.15 bits per heavy atom. The van der Waals surface area contributed by atoms with Gasteiger partial charge in [-0.25, -0.2) is 0 Å². The molecule has 2 aromatic rings. The van der Waals surface area contributed by atoms with Crippen LogP contribution in [0.2, 0.25) is 5.02 Å². The maximum Gasteiger partial charge on any atom is 0.123 e. The Morgan fingerprint density at radius 3 is 2.85 bits per heavy atom. The normalized spacial score (nSPS) is 16.8. The average molecular weight is 288 g/mol. The molecule has 1 unspecified atom stereocenters. The Labute approximate surface area is 124 Å². The molecule has 1 atom stereocenters. The zero-order valence-electron chi connectivity index (χ0n) is 11.3. The monoisotopic (exact) mass is 287 g/mol. The van der Waals surface area contributed by atoms with E-state index in [0.717, 1.165) is 36.7 Å². The van der Waals surface area contributed by atoms with Gasteiger partial charge in [0.25, 0.3) is 0 Å². The maximum absolute atomic E-state index is 5.99. The first-order chi connectivity index (χ1) is 9.81. The second kappa shape index (κ2) is 6.29. The van der Waals surface area contributed by atoms with Gasteiger partial charge in [0.1, 0.15) is 11.9 Å². The summed E-state index contributed by atoms with van der Waals surface area (Å²) < 4.78 is 5.89. The predicted octanol–water partition coefficient (Wildman–Crippen LogP) is 3.48. The van der Waals surface area contributed by atoms with Crippen molar-refractivity contribution in [3.05, 3.63) is 64.7 Å². The Balaban J connectivity index is 1.43. The zero-order valence-corrected chi connectivity index (χ0v) is 12.1.